The van der Waals surface area contributed by atoms with Crippen LogP contribution < -0.4 is 5.32 Å². The van der Waals surface area contributed by atoms with Gasteiger partial charge in [0, 0.05) is 23.1 Å². The van der Waals surface area contributed by atoms with E-state index in [1.165, 1.54) is 0 Å². The molecule has 0 aliphatic carbocycles. The standard InChI is InChI=1S/C15H21N3O2S/c1-10(11-6-5-9-21-11)16-12(19)7-8-13-17-14(18-20-13)15(2,3)4/h5-6,9-10H,7-8H2,1-4H3,(H,16,19)/t10-/m1/s1. The predicted octanol–water partition coefficient (Wildman–Crippen LogP) is 3.24. The summed E-state index contributed by atoms with van der Waals surface area (Å²) in [5.74, 6) is 1.18. The Morgan fingerprint density at radius 2 is 2.24 bits per heavy atom. The number of nitrogens with one attached hydrogen (secondary N) is 1. The Balaban J connectivity index is 1.83. The van der Waals surface area contributed by atoms with Gasteiger partial charge in [0.2, 0.25) is 11.8 Å². The molecule has 2 aromatic heterocycles. The van der Waals surface area contributed by atoms with Crippen LogP contribution in [0.3, 0.4) is 0 Å². The lowest BCUT2D eigenvalue weighted by Gasteiger charge is -2.11. The number of nitrogens with zero attached hydrogens (tertiary/aromatic N) is 2. The molecule has 0 saturated carbocycles. The van der Waals surface area contributed by atoms with Crippen molar-refractivity contribution in [1.29, 1.82) is 0 Å². The van der Waals surface area contributed by atoms with Crippen molar-refractivity contribution in [3.63, 3.8) is 0 Å². The van der Waals surface area contributed by atoms with Gasteiger partial charge in [-0.2, -0.15) is 4.98 Å². The van der Waals surface area contributed by atoms with Crippen molar-refractivity contribution in [2.75, 3.05) is 0 Å². The monoisotopic (exact) mass is 307 g/mol. The summed E-state index contributed by atoms with van der Waals surface area (Å²) < 4.78 is 5.18. The Morgan fingerprint density at radius 1 is 1.48 bits per heavy atom. The molecule has 2 aromatic rings. The normalized spacial score (nSPS) is 13.1. The first-order valence-electron chi connectivity index (χ1n) is 7.02. The summed E-state index contributed by atoms with van der Waals surface area (Å²) in [5.41, 5.74) is -0.141. The second kappa shape index (κ2) is 6.39. The molecule has 0 aliphatic rings. The van der Waals surface area contributed by atoms with E-state index in [9.17, 15) is 4.79 Å². The molecule has 2 heterocycles. The zero-order chi connectivity index (χ0) is 15.5. The van der Waals surface area contributed by atoms with Crippen LogP contribution in [0.2, 0.25) is 0 Å². The van der Waals surface area contributed by atoms with Gasteiger partial charge >= 0.3 is 0 Å². The lowest BCUT2D eigenvalue weighted by atomic mass is 9.96. The summed E-state index contributed by atoms with van der Waals surface area (Å²) >= 11 is 1.64. The van der Waals surface area contributed by atoms with Crippen molar-refractivity contribution in [3.05, 3.63) is 34.1 Å². The van der Waals surface area contributed by atoms with Crippen molar-refractivity contribution in [2.45, 2.75) is 52.0 Å². The third-order valence-corrected chi connectivity index (χ3v) is 4.11. The molecule has 0 radical (unpaired) electrons. The minimum absolute atomic E-state index is 0.00795. The van der Waals surface area contributed by atoms with Crippen LogP contribution in [0.5, 0.6) is 0 Å². The molecule has 0 spiro atoms. The Morgan fingerprint density at radius 3 is 2.81 bits per heavy atom. The molecule has 0 saturated heterocycles. The maximum atomic E-state index is 11.9. The third kappa shape index (κ3) is 4.39. The first kappa shape index (κ1) is 15.7. The first-order chi connectivity index (χ1) is 9.86. The van der Waals surface area contributed by atoms with Crippen LogP contribution in [0.25, 0.3) is 0 Å². The molecule has 0 bridgehead atoms. The highest BCUT2D eigenvalue weighted by Gasteiger charge is 2.21. The van der Waals surface area contributed by atoms with E-state index in [0.29, 0.717) is 24.6 Å². The molecule has 0 aliphatic heterocycles. The van der Waals surface area contributed by atoms with Gasteiger partial charge in [0.15, 0.2) is 5.82 Å². The minimum Gasteiger partial charge on any atom is -0.349 e. The van der Waals surface area contributed by atoms with E-state index in [0.717, 1.165) is 4.88 Å². The van der Waals surface area contributed by atoms with Crippen molar-refractivity contribution in [1.82, 2.24) is 15.5 Å². The van der Waals surface area contributed by atoms with E-state index in [-0.39, 0.29) is 17.4 Å². The molecule has 2 rings (SSSR count). The summed E-state index contributed by atoms with van der Waals surface area (Å²) in [4.78, 5) is 17.4. The summed E-state index contributed by atoms with van der Waals surface area (Å²) in [6.07, 6.45) is 0.813. The van der Waals surface area contributed by atoms with E-state index in [2.05, 4.69) is 15.5 Å². The number of aromatic nitrogens is 2. The van der Waals surface area contributed by atoms with Crippen molar-refractivity contribution in [3.8, 4) is 0 Å². The summed E-state index contributed by atoms with van der Waals surface area (Å²) in [6, 6.07) is 4.03. The molecule has 114 valence electrons. The van der Waals surface area contributed by atoms with Gasteiger partial charge < -0.3 is 9.84 Å². The molecule has 1 N–H and O–H groups in total. The second-order valence-electron chi connectivity index (χ2n) is 6.07. The van der Waals surface area contributed by atoms with E-state index < -0.39 is 0 Å². The molecule has 0 unspecified atom stereocenters. The smallest absolute Gasteiger partial charge is 0.227 e. The van der Waals surface area contributed by atoms with Crippen LogP contribution in [0.15, 0.2) is 22.0 Å². The van der Waals surface area contributed by atoms with Gasteiger partial charge in [-0.1, -0.05) is 32.0 Å². The highest BCUT2D eigenvalue weighted by atomic mass is 32.1. The minimum atomic E-state index is -0.141. The average molecular weight is 307 g/mol. The highest BCUT2D eigenvalue weighted by Crippen LogP contribution is 2.20. The van der Waals surface area contributed by atoms with Gasteiger partial charge in [0.25, 0.3) is 0 Å². The number of hydrogen-bond donors (Lipinski definition) is 1. The van der Waals surface area contributed by atoms with Gasteiger partial charge in [0.05, 0.1) is 6.04 Å². The number of carbonyl (C=O) groups excluding carboxylic acids is 1. The molecule has 5 nitrogen and oxygen atoms in total. The van der Waals surface area contributed by atoms with Crippen molar-refractivity contribution in [2.24, 2.45) is 0 Å². The Kier molecular flexibility index (Phi) is 4.77. The van der Waals surface area contributed by atoms with Crippen LogP contribution in [0.1, 0.15) is 56.7 Å². The van der Waals surface area contributed by atoms with E-state index in [1.54, 1.807) is 11.3 Å². The number of amides is 1. The van der Waals surface area contributed by atoms with Gasteiger partial charge in [0.1, 0.15) is 0 Å². The molecule has 0 fully saturated rings. The maximum absolute atomic E-state index is 11.9. The zero-order valence-corrected chi connectivity index (χ0v) is 13.7. The SMILES string of the molecule is C[C@@H](NC(=O)CCc1nc(C(C)(C)C)no1)c1cccs1. The number of hydrogen-bond acceptors (Lipinski definition) is 5. The highest BCUT2D eigenvalue weighted by molar-refractivity contribution is 7.10. The van der Waals surface area contributed by atoms with Gasteiger partial charge in [-0.25, -0.2) is 0 Å². The Hall–Kier alpha value is -1.69. The number of aryl methyl sites for hydroxylation is 1. The first-order valence-corrected chi connectivity index (χ1v) is 7.90. The lowest BCUT2D eigenvalue weighted by Crippen LogP contribution is -2.26. The zero-order valence-electron chi connectivity index (χ0n) is 12.8. The summed E-state index contributed by atoms with van der Waals surface area (Å²) in [6.45, 7) is 8.05. The maximum Gasteiger partial charge on any atom is 0.227 e. The van der Waals surface area contributed by atoms with Crippen molar-refractivity contribution >= 4 is 17.2 Å². The fourth-order valence-corrected chi connectivity index (χ4v) is 2.54. The lowest BCUT2D eigenvalue weighted by molar-refractivity contribution is -0.121. The van der Waals surface area contributed by atoms with Crippen LogP contribution in [0.4, 0.5) is 0 Å². The molecular weight excluding hydrogens is 286 g/mol. The van der Waals surface area contributed by atoms with E-state index in [1.807, 2.05) is 45.2 Å². The van der Waals surface area contributed by atoms with E-state index in [4.69, 9.17) is 4.52 Å². The number of rotatable bonds is 5. The Labute approximate surface area is 128 Å². The quantitative estimate of drug-likeness (QED) is 0.920. The van der Waals surface area contributed by atoms with Gasteiger partial charge in [-0.3, -0.25) is 4.79 Å². The van der Waals surface area contributed by atoms with Crippen LogP contribution in [-0.2, 0) is 16.6 Å². The van der Waals surface area contributed by atoms with E-state index >= 15 is 0 Å². The topological polar surface area (TPSA) is 68.0 Å². The van der Waals surface area contributed by atoms with Crippen LogP contribution in [-0.4, -0.2) is 16.0 Å². The number of thiophene rings is 1. The molecule has 1 amide bonds. The average Bonchev–Trinajstić information content (AvgIpc) is 3.07. The molecule has 0 aromatic carbocycles. The largest absolute Gasteiger partial charge is 0.349 e. The molecule has 21 heavy (non-hydrogen) atoms. The number of carbonyl (C=O) groups is 1. The molecular formula is C15H21N3O2S. The summed E-state index contributed by atoms with van der Waals surface area (Å²) in [7, 11) is 0. The van der Waals surface area contributed by atoms with Crippen LogP contribution in [0, 0.1) is 0 Å². The van der Waals surface area contributed by atoms with Gasteiger partial charge in [-0.05, 0) is 18.4 Å². The third-order valence-electron chi connectivity index (χ3n) is 3.05. The van der Waals surface area contributed by atoms with Crippen LogP contribution >= 0.6 is 11.3 Å². The van der Waals surface area contributed by atoms with Crippen molar-refractivity contribution < 1.29 is 9.32 Å². The summed E-state index contributed by atoms with van der Waals surface area (Å²) in [5, 5.41) is 8.93. The predicted molar refractivity (Wildman–Crippen MR) is 82.2 cm³/mol. The van der Waals surface area contributed by atoms with Gasteiger partial charge in [-0.15, -0.1) is 11.3 Å². The fraction of sp³-hybridized carbons (Fsp3) is 0.533. The fourth-order valence-electron chi connectivity index (χ4n) is 1.80. The molecule has 1 atom stereocenters. The molecule has 6 heteroatoms. The Bertz CT molecular complexity index is 584. The second-order valence-corrected chi connectivity index (χ2v) is 7.05.